The summed E-state index contributed by atoms with van der Waals surface area (Å²) in [7, 11) is 3.08. The zero-order valence-corrected chi connectivity index (χ0v) is 27.3. The van der Waals surface area contributed by atoms with Crippen LogP contribution in [0.3, 0.4) is 0 Å². The molecule has 0 aromatic heterocycles. The molecule has 13 heteroatoms. The quantitative estimate of drug-likeness (QED) is 0.0542. The van der Waals surface area contributed by atoms with Crippen molar-refractivity contribution in [3.05, 3.63) is 140 Å². The Kier molecular flexibility index (Phi) is 10.2. The summed E-state index contributed by atoms with van der Waals surface area (Å²) in [5, 5.41) is 23.8. The van der Waals surface area contributed by atoms with Gasteiger partial charge in [-0.1, -0.05) is 22.8 Å². The smallest absolute Gasteiger partial charge is 0.365 e. The number of allylic oxidation sites excluding steroid dienone is 1. The Labute approximate surface area is 282 Å². The lowest BCUT2D eigenvalue weighted by Gasteiger charge is -2.29. The zero-order chi connectivity index (χ0) is 35.1. The number of aryl methyl sites for hydroxylation is 1. The average molecular weight is 665 g/mol. The van der Waals surface area contributed by atoms with Crippen LogP contribution >= 0.6 is 0 Å². The van der Waals surface area contributed by atoms with Crippen molar-refractivity contribution in [3.63, 3.8) is 0 Å². The van der Waals surface area contributed by atoms with Gasteiger partial charge in [0.05, 0.1) is 25.7 Å². The summed E-state index contributed by atoms with van der Waals surface area (Å²) >= 11 is 0. The number of ketones is 1. The third-order valence-corrected chi connectivity index (χ3v) is 7.86. The van der Waals surface area contributed by atoms with E-state index in [-0.39, 0.29) is 42.3 Å². The maximum absolute atomic E-state index is 14.6. The third-order valence-electron chi connectivity index (χ3n) is 7.86. The molecule has 0 fully saturated rings. The first-order chi connectivity index (χ1) is 23.6. The Morgan fingerprint density at radius 3 is 1.92 bits per heavy atom. The molecule has 250 valence electrons. The van der Waals surface area contributed by atoms with Crippen molar-refractivity contribution < 1.29 is 38.1 Å². The highest BCUT2D eigenvalue weighted by Gasteiger charge is 2.50. The highest BCUT2D eigenvalue weighted by atomic mass is 16.6. The second-order valence-electron chi connectivity index (χ2n) is 11.2. The number of amides is 1. The summed E-state index contributed by atoms with van der Waals surface area (Å²) in [6, 6.07) is 24.7. The summed E-state index contributed by atoms with van der Waals surface area (Å²) in [6.45, 7) is 3.57. The van der Waals surface area contributed by atoms with Gasteiger partial charge in [0, 0.05) is 33.7 Å². The van der Waals surface area contributed by atoms with Crippen LogP contribution < -0.4 is 14.8 Å². The van der Waals surface area contributed by atoms with Crippen molar-refractivity contribution >= 4 is 29.0 Å². The number of rotatable bonds is 13. The van der Waals surface area contributed by atoms with Crippen molar-refractivity contribution in [2.75, 3.05) is 26.1 Å². The molecule has 5 rings (SSSR count). The first kappa shape index (κ1) is 34.1. The van der Waals surface area contributed by atoms with Crippen LogP contribution in [-0.4, -0.2) is 48.0 Å². The van der Waals surface area contributed by atoms with Crippen molar-refractivity contribution in [2.24, 2.45) is 10.3 Å². The Bertz CT molecular complexity index is 1900. The predicted octanol–water partition coefficient (Wildman–Crippen LogP) is 6.73. The number of Topliss-reactive ketones (excluding diaryl/α,β-unsaturated/α-hetero) is 1. The molecule has 0 atom stereocenters. The number of ether oxygens (including phenoxy) is 3. The topological polar surface area (TPSA) is 159 Å². The maximum Gasteiger partial charge on any atom is 0.365 e. The fraction of sp³-hybridized carbons (Fsp3) is 0.194. The van der Waals surface area contributed by atoms with Gasteiger partial charge in [-0.15, -0.1) is 4.59 Å². The molecule has 13 nitrogen and oxygen atoms in total. The fourth-order valence-corrected chi connectivity index (χ4v) is 5.38. The van der Waals surface area contributed by atoms with Gasteiger partial charge < -0.3 is 19.5 Å². The van der Waals surface area contributed by atoms with Gasteiger partial charge in [0.15, 0.2) is 0 Å². The molecule has 1 N–H and O–H groups in total. The molecule has 1 heterocycles. The molecule has 0 saturated heterocycles. The van der Waals surface area contributed by atoms with Crippen LogP contribution in [0.25, 0.3) is 0 Å². The molecule has 0 aliphatic carbocycles. The third kappa shape index (κ3) is 7.52. The van der Waals surface area contributed by atoms with Crippen LogP contribution in [0.2, 0.25) is 0 Å². The normalized spacial score (nSPS) is 13.1. The second-order valence-corrected chi connectivity index (χ2v) is 11.2. The summed E-state index contributed by atoms with van der Waals surface area (Å²) < 4.78 is 15.3. The zero-order valence-electron chi connectivity index (χ0n) is 27.3. The molecule has 0 saturated carbocycles. The van der Waals surface area contributed by atoms with Gasteiger partial charge in [0.1, 0.15) is 30.2 Å². The van der Waals surface area contributed by atoms with Crippen LogP contribution in [0.4, 0.5) is 11.4 Å². The number of nitro groups is 1. The number of methoxy groups -OCH3 is 2. The van der Waals surface area contributed by atoms with Crippen molar-refractivity contribution in [2.45, 2.75) is 26.9 Å². The van der Waals surface area contributed by atoms with Crippen molar-refractivity contribution in [3.8, 4) is 11.5 Å². The van der Waals surface area contributed by atoms with Gasteiger partial charge in [0.25, 0.3) is 17.4 Å². The monoisotopic (exact) mass is 664 g/mol. The molecule has 0 unspecified atom stereocenters. The second kappa shape index (κ2) is 14.7. The Morgan fingerprint density at radius 2 is 1.41 bits per heavy atom. The van der Waals surface area contributed by atoms with E-state index < -0.39 is 32.9 Å². The van der Waals surface area contributed by atoms with Crippen molar-refractivity contribution in [1.82, 2.24) is 0 Å². The van der Waals surface area contributed by atoms with Crippen LogP contribution in [0.5, 0.6) is 11.5 Å². The number of benzene rings is 4. The summed E-state index contributed by atoms with van der Waals surface area (Å²) in [5.74, 6) is -1.01. The van der Waals surface area contributed by atoms with E-state index in [9.17, 15) is 24.5 Å². The maximum atomic E-state index is 14.6. The number of nitrogens with zero attached hydrogens (tertiary/aromatic N) is 4. The lowest BCUT2D eigenvalue weighted by Crippen LogP contribution is -2.42. The highest BCUT2D eigenvalue weighted by molar-refractivity contribution is 6.14. The van der Waals surface area contributed by atoms with E-state index in [4.69, 9.17) is 14.2 Å². The van der Waals surface area contributed by atoms with Gasteiger partial charge in [-0.05, 0) is 86.6 Å². The number of quaternary nitrogens is 1. The standard InChI is InChI=1S/C36H33N5O8/c1-5-49-36(44)32-33(34(42)30-19-14-27(20-31(30)40(45)46)37-35(43)26-12-6-23(2)7-13-26)41(39-38-32,21-24-8-15-28(47-3)16-9-24)22-25-10-17-29(48-4)18-11-25/h6-20H,5,21-22H2,1-4H3/p+1. The lowest BCUT2D eigenvalue weighted by atomic mass is 10.0. The number of carbonyl (C=O) groups is 3. The van der Waals surface area contributed by atoms with Crippen LogP contribution in [0.15, 0.2) is 113 Å². The molecule has 1 aliphatic heterocycles. The minimum atomic E-state index is -0.899. The number of carbonyl (C=O) groups excluding carboxylic acids is 3. The number of hydrogen-bond donors (Lipinski definition) is 1. The van der Waals surface area contributed by atoms with E-state index in [0.717, 1.165) is 11.6 Å². The molecular formula is C36H34N5O8+. The molecule has 4 aromatic rings. The number of anilines is 1. The molecule has 49 heavy (non-hydrogen) atoms. The summed E-state index contributed by atoms with van der Waals surface area (Å²) in [6.07, 6.45) is 0. The molecular weight excluding hydrogens is 630 g/mol. The average Bonchev–Trinajstić information content (AvgIpc) is 3.47. The number of nitrogens with one attached hydrogen (secondary N) is 1. The van der Waals surface area contributed by atoms with E-state index in [1.54, 1.807) is 93.9 Å². The molecule has 1 amide bonds. The highest BCUT2D eigenvalue weighted by Crippen LogP contribution is 2.40. The number of esters is 1. The minimum absolute atomic E-state index is 0.00813. The van der Waals surface area contributed by atoms with E-state index in [2.05, 4.69) is 15.7 Å². The minimum Gasteiger partial charge on any atom is -0.497 e. The van der Waals surface area contributed by atoms with Gasteiger partial charge >= 0.3 is 5.97 Å². The van der Waals surface area contributed by atoms with Gasteiger partial charge in [-0.3, -0.25) is 19.7 Å². The molecule has 4 aromatic carbocycles. The van der Waals surface area contributed by atoms with Crippen LogP contribution in [-0.2, 0) is 22.6 Å². The molecule has 0 bridgehead atoms. The van der Waals surface area contributed by atoms with E-state index >= 15 is 0 Å². The number of nitro benzene ring substituents is 1. The fourth-order valence-electron chi connectivity index (χ4n) is 5.38. The first-order valence-electron chi connectivity index (χ1n) is 15.3. The Morgan fingerprint density at radius 1 is 0.837 bits per heavy atom. The van der Waals surface area contributed by atoms with Gasteiger partial charge in [-0.2, -0.15) is 0 Å². The molecule has 0 spiro atoms. The first-order valence-corrected chi connectivity index (χ1v) is 15.3. The largest absolute Gasteiger partial charge is 0.497 e. The summed E-state index contributed by atoms with van der Waals surface area (Å²) in [5.41, 5.74) is 1.38. The van der Waals surface area contributed by atoms with Gasteiger partial charge in [-0.25, -0.2) is 4.79 Å². The Balaban J connectivity index is 1.61. The van der Waals surface area contributed by atoms with Crippen molar-refractivity contribution in [1.29, 1.82) is 0 Å². The molecule has 1 aliphatic rings. The number of hydrogen-bond acceptors (Lipinski definition) is 10. The van der Waals surface area contributed by atoms with E-state index in [0.29, 0.717) is 28.2 Å². The van der Waals surface area contributed by atoms with Gasteiger partial charge in [0.2, 0.25) is 11.4 Å². The molecule has 0 radical (unpaired) electrons. The Hall–Kier alpha value is -6.21. The predicted molar refractivity (Wildman–Crippen MR) is 179 cm³/mol. The summed E-state index contributed by atoms with van der Waals surface area (Å²) in [4.78, 5) is 52.5. The van der Waals surface area contributed by atoms with Crippen LogP contribution in [0, 0.1) is 17.0 Å². The van der Waals surface area contributed by atoms with Crippen LogP contribution in [0.1, 0.15) is 44.3 Å². The lowest BCUT2D eigenvalue weighted by molar-refractivity contribution is -0.921. The van der Waals surface area contributed by atoms with E-state index in [1.807, 2.05) is 6.92 Å². The van der Waals surface area contributed by atoms with E-state index in [1.165, 1.54) is 12.1 Å². The SMILES string of the molecule is CCOC(=O)C1=C(C(=O)c2ccc(NC(=O)c3ccc(C)cc3)cc2[N+](=O)[O-])[N+](Cc2ccc(OC)cc2)(Cc2ccc(OC)cc2)N=N1.